The average molecular weight is 575 g/mol. The minimum Gasteiger partial charge on any atom is -0.465 e. The van der Waals surface area contributed by atoms with E-state index in [0.29, 0.717) is 32.8 Å². The number of hydrogen-bond acceptors (Lipinski definition) is 5. The number of methoxy groups -OCH3 is 1. The first-order valence-corrected chi connectivity index (χ1v) is 12.0. The number of nitrogens with one attached hydrogen (secondary N) is 2. The number of ether oxygens (including phenoxy) is 1. The standard InChI is InChI=1S/C23H16ClF5N4O2S2/c1-8-20(9(2)33(32-8)7-12-15(25)17(27)19(29)18(28)16(12)26)31-23(36)30-10-4-5-11-13(6-10)37-21(14(11)24)22(34)35-3/h4-6H,7H2,1-3H3,(H2,30,31,36). The van der Waals surface area contributed by atoms with E-state index in [4.69, 9.17) is 28.6 Å². The van der Waals surface area contributed by atoms with Crippen LogP contribution in [0.25, 0.3) is 10.1 Å². The Bertz CT molecular complexity index is 1560. The van der Waals surface area contributed by atoms with Crippen LogP contribution in [0.15, 0.2) is 18.2 Å². The number of aromatic nitrogens is 2. The molecule has 0 amide bonds. The number of carbonyl (C=O) groups excluding carboxylic acids is 1. The van der Waals surface area contributed by atoms with Gasteiger partial charge in [0.1, 0.15) is 4.88 Å². The van der Waals surface area contributed by atoms with E-state index in [1.807, 2.05) is 0 Å². The number of aryl methyl sites for hydroxylation is 1. The van der Waals surface area contributed by atoms with Crippen molar-refractivity contribution in [1.29, 1.82) is 0 Å². The Kier molecular flexibility index (Phi) is 7.40. The number of esters is 1. The van der Waals surface area contributed by atoms with Gasteiger partial charge in [0.15, 0.2) is 28.4 Å². The van der Waals surface area contributed by atoms with E-state index in [2.05, 4.69) is 15.7 Å². The van der Waals surface area contributed by atoms with Gasteiger partial charge in [0.2, 0.25) is 5.82 Å². The SMILES string of the molecule is COC(=O)c1sc2cc(NC(=S)Nc3c(C)nn(Cc4c(F)c(F)c(F)c(F)c4F)c3C)ccc2c1Cl. The molecule has 0 saturated heterocycles. The van der Waals surface area contributed by atoms with Gasteiger partial charge in [-0.05, 0) is 44.3 Å². The highest BCUT2D eigenvalue weighted by molar-refractivity contribution is 7.80. The number of halogens is 6. The second-order valence-electron chi connectivity index (χ2n) is 7.78. The smallest absolute Gasteiger partial charge is 0.349 e. The molecule has 37 heavy (non-hydrogen) atoms. The minimum absolute atomic E-state index is 0.136. The lowest BCUT2D eigenvalue weighted by molar-refractivity contribution is 0.0606. The van der Waals surface area contributed by atoms with E-state index in [1.165, 1.54) is 7.11 Å². The van der Waals surface area contributed by atoms with Crippen molar-refractivity contribution < 1.29 is 31.5 Å². The van der Waals surface area contributed by atoms with Crippen LogP contribution in [0.5, 0.6) is 0 Å². The molecule has 4 aromatic rings. The summed E-state index contributed by atoms with van der Waals surface area (Å²) in [5, 5.41) is 11.1. The van der Waals surface area contributed by atoms with Gasteiger partial charge in [0, 0.05) is 15.8 Å². The zero-order valence-corrected chi connectivity index (χ0v) is 21.6. The third kappa shape index (κ3) is 4.86. The Morgan fingerprint density at radius 1 is 1.08 bits per heavy atom. The zero-order valence-electron chi connectivity index (χ0n) is 19.2. The van der Waals surface area contributed by atoms with Crippen LogP contribution in [0, 0.1) is 42.9 Å². The molecule has 0 aliphatic heterocycles. The lowest BCUT2D eigenvalue weighted by Crippen LogP contribution is -2.20. The molecule has 0 spiro atoms. The summed E-state index contributed by atoms with van der Waals surface area (Å²) in [7, 11) is 1.26. The van der Waals surface area contributed by atoms with Crippen molar-refractivity contribution in [2.45, 2.75) is 20.4 Å². The Balaban J connectivity index is 1.55. The Morgan fingerprint density at radius 3 is 2.32 bits per heavy atom. The summed E-state index contributed by atoms with van der Waals surface area (Å²) in [6.07, 6.45) is 0. The lowest BCUT2D eigenvalue weighted by Gasteiger charge is -2.12. The average Bonchev–Trinajstić information content (AvgIpc) is 3.34. The number of rotatable bonds is 5. The van der Waals surface area contributed by atoms with Crippen molar-refractivity contribution in [2.24, 2.45) is 0 Å². The van der Waals surface area contributed by atoms with Gasteiger partial charge in [-0.2, -0.15) is 5.10 Å². The fraction of sp³-hybridized carbons (Fsp3) is 0.174. The molecule has 2 heterocycles. The Morgan fingerprint density at radius 2 is 1.70 bits per heavy atom. The second kappa shape index (κ2) is 10.2. The monoisotopic (exact) mass is 574 g/mol. The molecule has 0 fully saturated rings. The molecule has 0 aliphatic rings. The maximum absolute atomic E-state index is 14.1. The first kappa shape index (κ1) is 26.8. The zero-order chi connectivity index (χ0) is 27.2. The molecule has 0 atom stereocenters. The van der Waals surface area contributed by atoms with Gasteiger partial charge in [-0.3, -0.25) is 4.68 Å². The molecule has 6 nitrogen and oxygen atoms in total. The van der Waals surface area contributed by atoms with Crippen molar-refractivity contribution in [3.8, 4) is 0 Å². The van der Waals surface area contributed by atoms with Crippen LogP contribution in [0.4, 0.5) is 33.3 Å². The van der Waals surface area contributed by atoms with E-state index < -0.39 is 47.2 Å². The van der Waals surface area contributed by atoms with Crippen LogP contribution < -0.4 is 10.6 Å². The number of anilines is 2. The number of thiocarbonyl (C=S) groups is 1. The summed E-state index contributed by atoms with van der Waals surface area (Å²) >= 11 is 12.8. The molecule has 2 aromatic heterocycles. The Labute approximate surface area is 221 Å². The van der Waals surface area contributed by atoms with E-state index in [9.17, 15) is 26.7 Å². The van der Waals surface area contributed by atoms with Gasteiger partial charge < -0.3 is 15.4 Å². The van der Waals surface area contributed by atoms with Crippen LogP contribution in [-0.2, 0) is 11.3 Å². The molecule has 0 unspecified atom stereocenters. The first-order chi connectivity index (χ1) is 17.4. The molecule has 0 aliphatic carbocycles. The van der Waals surface area contributed by atoms with Crippen LogP contribution in [0.3, 0.4) is 0 Å². The molecular formula is C23H16ClF5N4O2S2. The van der Waals surface area contributed by atoms with Gasteiger partial charge in [-0.25, -0.2) is 26.7 Å². The van der Waals surface area contributed by atoms with Crippen molar-refractivity contribution >= 4 is 67.7 Å². The van der Waals surface area contributed by atoms with E-state index in [1.54, 1.807) is 32.0 Å². The van der Waals surface area contributed by atoms with E-state index in [-0.39, 0.29) is 15.0 Å². The number of nitrogens with zero attached hydrogens (tertiary/aromatic N) is 2. The molecule has 4 rings (SSSR count). The van der Waals surface area contributed by atoms with Crippen molar-refractivity contribution in [1.82, 2.24) is 9.78 Å². The fourth-order valence-electron chi connectivity index (χ4n) is 3.61. The number of thiophene rings is 1. The summed E-state index contributed by atoms with van der Waals surface area (Å²) < 4.78 is 75.4. The molecule has 14 heteroatoms. The summed E-state index contributed by atoms with van der Waals surface area (Å²) in [6, 6.07) is 5.14. The summed E-state index contributed by atoms with van der Waals surface area (Å²) in [5.74, 6) is -10.7. The van der Waals surface area contributed by atoms with E-state index in [0.717, 1.165) is 16.0 Å². The van der Waals surface area contributed by atoms with Gasteiger partial charge in [-0.15, -0.1) is 11.3 Å². The second-order valence-corrected chi connectivity index (χ2v) is 9.62. The maximum Gasteiger partial charge on any atom is 0.349 e. The van der Waals surface area contributed by atoms with Gasteiger partial charge >= 0.3 is 5.97 Å². The summed E-state index contributed by atoms with van der Waals surface area (Å²) in [5.41, 5.74) is 0.657. The predicted molar refractivity (Wildman–Crippen MR) is 135 cm³/mol. The molecule has 194 valence electrons. The van der Waals surface area contributed by atoms with E-state index >= 15 is 0 Å². The number of hydrogen-bond donors (Lipinski definition) is 2. The van der Waals surface area contributed by atoms with Crippen molar-refractivity contribution in [3.63, 3.8) is 0 Å². The first-order valence-electron chi connectivity index (χ1n) is 10.4. The predicted octanol–water partition coefficient (Wildman–Crippen LogP) is 6.71. The fourth-order valence-corrected chi connectivity index (χ4v) is 5.30. The quantitative estimate of drug-likeness (QED) is 0.0908. The maximum atomic E-state index is 14.1. The summed E-state index contributed by atoms with van der Waals surface area (Å²) in [4.78, 5) is 12.2. The number of fused-ring (bicyclic) bond motifs is 1. The molecule has 0 saturated carbocycles. The summed E-state index contributed by atoms with van der Waals surface area (Å²) in [6.45, 7) is 2.44. The van der Waals surface area contributed by atoms with Crippen LogP contribution in [0.1, 0.15) is 26.6 Å². The molecule has 0 radical (unpaired) electrons. The van der Waals surface area contributed by atoms with Crippen LogP contribution >= 0.6 is 35.2 Å². The van der Waals surface area contributed by atoms with Crippen molar-refractivity contribution in [3.05, 3.63) is 74.1 Å². The van der Waals surface area contributed by atoms with Crippen molar-refractivity contribution in [2.75, 3.05) is 17.7 Å². The van der Waals surface area contributed by atoms with Gasteiger partial charge in [0.05, 0.1) is 41.3 Å². The lowest BCUT2D eigenvalue weighted by atomic mass is 10.1. The van der Waals surface area contributed by atoms with Crippen LogP contribution in [0.2, 0.25) is 5.02 Å². The highest BCUT2D eigenvalue weighted by Crippen LogP contribution is 2.37. The Hall–Kier alpha value is -3.29. The normalized spacial score (nSPS) is 11.2. The molecule has 2 aromatic carbocycles. The highest BCUT2D eigenvalue weighted by Gasteiger charge is 2.27. The minimum atomic E-state index is -2.23. The molecular weight excluding hydrogens is 559 g/mol. The molecule has 2 N–H and O–H groups in total. The highest BCUT2D eigenvalue weighted by atomic mass is 35.5. The third-order valence-electron chi connectivity index (χ3n) is 5.49. The number of carbonyl (C=O) groups is 1. The van der Waals surface area contributed by atoms with Gasteiger partial charge in [-0.1, -0.05) is 11.6 Å². The largest absolute Gasteiger partial charge is 0.465 e. The number of benzene rings is 2. The third-order valence-corrected chi connectivity index (χ3v) is 7.33. The topological polar surface area (TPSA) is 68.2 Å². The van der Waals surface area contributed by atoms with Gasteiger partial charge in [0.25, 0.3) is 0 Å². The van der Waals surface area contributed by atoms with Crippen LogP contribution in [-0.4, -0.2) is 28.0 Å². The molecule has 0 bridgehead atoms.